The van der Waals surface area contributed by atoms with Gasteiger partial charge < -0.3 is 15.4 Å². The maximum atomic E-state index is 11.6. The number of likely N-dealkylation sites (N-methyl/N-ethyl adjacent to an activating group) is 1. The number of nitrogens with zero attached hydrogens (tertiary/aromatic N) is 1. The Labute approximate surface area is 119 Å². The van der Waals surface area contributed by atoms with Crippen molar-refractivity contribution in [1.82, 2.24) is 4.90 Å². The van der Waals surface area contributed by atoms with Crippen LogP contribution < -0.4 is 5.73 Å². The number of carbonyl (C=O) groups is 1. The van der Waals surface area contributed by atoms with Gasteiger partial charge in [0, 0.05) is 12.2 Å². The molecule has 1 aromatic rings. The van der Waals surface area contributed by atoms with E-state index < -0.39 is 0 Å². The van der Waals surface area contributed by atoms with Crippen LogP contribution in [0.4, 0.5) is 5.69 Å². The Morgan fingerprint density at radius 3 is 2.25 bits per heavy atom. The van der Waals surface area contributed by atoms with Gasteiger partial charge in [0.1, 0.15) is 6.61 Å². The summed E-state index contributed by atoms with van der Waals surface area (Å²) < 4.78 is 13.5. The first-order chi connectivity index (χ1) is 9.58. The summed E-state index contributed by atoms with van der Waals surface area (Å²) in [5, 5.41) is 6.89. The van der Waals surface area contributed by atoms with Crippen molar-refractivity contribution in [2.75, 3.05) is 32.0 Å². The van der Waals surface area contributed by atoms with E-state index in [2.05, 4.69) is 18.7 Å². The van der Waals surface area contributed by atoms with Gasteiger partial charge in [-0.1, -0.05) is 13.8 Å². The SMILES string of the molecule is CCN(CC)CCOC(=O)c1ccc(N)cc1.O=BO. The number of rotatable bonds is 6. The van der Waals surface area contributed by atoms with Gasteiger partial charge in [0.05, 0.1) is 5.56 Å². The van der Waals surface area contributed by atoms with Crippen molar-refractivity contribution < 1.29 is 19.3 Å². The number of nitrogens with two attached hydrogens (primary N) is 1. The Kier molecular flexibility index (Phi) is 9.95. The van der Waals surface area contributed by atoms with Crippen molar-refractivity contribution in [3.63, 3.8) is 0 Å². The molecule has 20 heavy (non-hydrogen) atoms. The van der Waals surface area contributed by atoms with Crippen molar-refractivity contribution in [2.24, 2.45) is 0 Å². The van der Waals surface area contributed by atoms with E-state index in [-0.39, 0.29) is 13.3 Å². The zero-order valence-electron chi connectivity index (χ0n) is 11.9. The Morgan fingerprint density at radius 1 is 1.30 bits per heavy atom. The topological polar surface area (TPSA) is 92.9 Å². The first-order valence-electron chi connectivity index (χ1n) is 6.41. The Balaban J connectivity index is 0.00000110. The fourth-order valence-corrected chi connectivity index (χ4v) is 1.51. The molecule has 0 bridgehead atoms. The van der Waals surface area contributed by atoms with E-state index in [1.807, 2.05) is 0 Å². The maximum absolute atomic E-state index is 11.6. The summed E-state index contributed by atoms with van der Waals surface area (Å²) in [4.78, 5) is 13.8. The van der Waals surface area contributed by atoms with Crippen LogP contribution >= 0.6 is 0 Å². The summed E-state index contributed by atoms with van der Waals surface area (Å²) in [7, 11) is -0.250. The molecule has 1 aromatic carbocycles. The van der Waals surface area contributed by atoms with E-state index in [1.165, 1.54) is 0 Å². The van der Waals surface area contributed by atoms with Crippen LogP contribution in [-0.2, 0) is 9.44 Å². The van der Waals surface area contributed by atoms with E-state index in [1.54, 1.807) is 24.3 Å². The average molecular weight is 280 g/mol. The van der Waals surface area contributed by atoms with E-state index in [9.17, 15) is 4.79 Å². The minimum atomic E-state index is -0.294. The fraction of sp³-hybridized carbons (Fsp3) is 0.462. The van der Waals surface area contributed by atoms with Crippen molar-refractivity contribution in [3.05, 3.63) is 29.8 Å². The Hall–Kier alpha value is -1.89. The number of esters is 1. The summed E-state index contributed by atoms with van der Waals surface area (Å²) in [6, 6.07) is 6.74. The third kappa shape index (κ3) is 7.53. The molecule has 3 N–H and O–H groups in total. The van der Waals surface area contributed by atoms with Gasteiger partial charge in [-0.25, -0.2) is 4.79 Å². The minimum absolute atomic E-state index is 0.250. The monoisotopic (exact) mass is 280 g/mol. The standard InChI is InChI=1S/C13H20N2O2.BHO2/c1-3-15(4-2)9-10-17-13(16)11-5-7-12(14)8-6-11;2-1-3/h5-8H,3-4,9-10,14H2,1-2H3;2H. The van der Waals surface area contributed by atoms with Gasteiger partial charge >= 0.3 is 23.1 Å². The van der Waals surface area contributed by atoms with Gasteiger partial charge in [-0.2, -0.15) is 0 Å². The molecule has 0 spiro atoms. The van der Waals surface area contributed by atoms with Crippen LogP contribution in [0, 0.1) is 0 Å². The normalized spacial score (nSPS) is 9.35. The molecule has 0 amide bonds. The van der Waals surface area contributed by atoms with Crippen molar-refractivity contribution in [3.8, 4) is 0 Å². The van der Waals surface area contributed by atoms with Gasteiger partial charge in [0.15, 0.2) is 0 Å². The van der Waals surface area contributed by atoms with Gasteiger partial charge in [-0.3, -0.25) is 0 Å². The number of hydrogen-bond donors (Lipinski definition) is 2. The van der Waals surface area contributed by atoms with E-state index in [0.717, 1.165) is 19.6 Å². The summed E-state index contributed by atoms with van der Waals surface area (Å²) in [5.74, 6) is -0.294. The molecule has 7 heteroatoms. The number of nitrogen functional groups attached to an aromatic ring is 1. The molecule has 0 aliphatic rings. The second kappa shape index (κ2) is 11.0. The molecule has 0 unspecified atom stereocenters. The van der Waals surface area contributed by atoms with Crippen LogP contribution in [0.25, 0.3) is 0 Å². The van der Waals surface area contributed by atoms with E-state index >= 15 is 0 Å². The molecule has 0 fully saturated rings. The molecule has 0 heterocycles. The molecule has 1 rings (SSSR count). The number of hydrogen-bond acceptors (Lipinski definition) is 5. The van der Waals surface area contributed by atoms with Gasteiger partial charge in [-0.15, -0.1) is 0 Å². The first kappa shape index (κ1) is 18.1. The fourth-order valence-electron chi connectivity index (χ4n) is 1.51. The molecule has 0 aliphatic carbocycles. The molecule has 0 aromatic heterocycles. The number of carbonyl (C=O) groups excluding carboxylic acids is 1. The summed E-state index contributed by atoms with van der Waals surface area (Å²) in [6.07, 6.45) is 0. The van der Waals surface area contributed by atoms with Crippen LogP contribution in [0.1, 0.15) is 24.2 Å². The summed E-state index contributed by atoms with van der Waals surface area (Å²) in [6.45, 7) is 7.31. The Morgan fingerprint density at radius 2 is 1.80 bits per heavy atom. The molecular weight excluding hydrogens is 259 g/mol. The van der Waals surface area contributed by atoms with Crippen LogP contribution in [-0.4, -0.2) is 49.5 Å². The predicted octanol–water partition coefficient (Wildman–Crippen LogP) is 0.711. The number of anilines is 1. The summed E-state index contributed by atoms with van der Waals surface area (Å²) >= 11 is 0. The van der Waals surface area contributed by atoms with Gasteiger partial charge in [0.25, 0.3) is 0 Å². The van der Waals surface area contributed by atoms with Crippen LogP contribution in [0.15, 0.2) is 24.3 Å². The van der Waals surface area contributed by atoms with Crippen LogP contribution in [0.5, 0.6) is 0 Å². The molecule has 0 saturated carbocycles. The van der Waals surface area contributed by atoms with Crippen molar-refractivity contribution in [2.45, 2.75) is 13.8 Å². The molecule has 110 valence electrons. The summed E-state index contributed by atoms with van der Waals surface area (Å²) in [5.41, 5.74) is 6.73. The molecule has 0 aliphatic heterocycles. The predicted molar refractivity (Wildman–Crippen MR) is 77.6 cm³/mol. The van der Waals surface area contributed by atoms with Gasteiger partial charge in [-0.05, 0) is 37.4 Å². The second-order valence-electron chi connectivity index (χ2n) is 3.89. The average Bonchev–Trinajstić information content (AvgIpc) is 2.45. The zero-order valence-corrected chi connectivity index (χ0v) is 11.9. The zero-order chi connectivity index (χ0) is 15.4. The van der Waals surface area contributed by atoms with Gasteiger partial charge in [0.2, 0.25) is 0 Å². The number of benzene rings is 1. The van der Waals surface area contributed by atoms with E-state index in [4.69, 9.17) is 20.2 Å². The molecule has 0 saturated heterocycles. The molecule has 0 radical (unpaired) electrons. The quantitative estimate of drug-likeness (QED) is 0.453. The Bertz CT molecular complexity index is 394. The van der Waals surface area contributed by atoms with Crippen molar-refractivity contribution in [1.29, 1.82) is 0 Å². The first-order valence-corrected chi connectivity index (χ1v) is 6.41. The van der Waals surface area contributed by atoms with E-state index in [0.29, 0.717) is 17.9 Å². The van der Waals surface area contributed by atoms with Crippen LogP contribution in [0.3, 0.4) is 0 Å². The molecule has 0 atom stereocenters. The third-order valence-corrected chi connectivity index (χ3v) is 2.68. The third-order valence-electron chi connectivity index (χ3n) is 2.68. The number of ether oxygens (including phenoxy) is 1. The van der Waals surface area contributed by atoms with Crippen molar-refractivity contribution >= 4 is 19.0 Å². The molecule has 6 nitrogen and oxygen atoms in total. The van der Waals surface area contributed by atoms with Crippen LogP contribution in [0.2, 0.25) is 0 Å². The second-order valence-corrected chi connectivity index (χ2v) is 3.89. The molecular formula is C13H21BN2O4.